The number of aliphatic carboxylic acids is 1. The van der Waals surface area contributed by atoms with E-state index in [1.165, 1.54) is 0 Å². The minimum absolute atomic E-state index is 0.174. The second-order valence-electron chi connectivity index (χ2n) is 8.52. The van der Waals surface area contributed by atoms with Gasteiger partial charge < -0.3 is 15.3 Å². The highest BCUT2D eigenvalue weighted by Crippen LogP contribution is 2.41. The number of hydrogen-bond acceptors (Lipinski definition) is 3. The van der Waals surface area contributed by atoms with Gasteiger partial charge in [0, 0.05) is 28.5 Å². The maximum atomic E-state index is 13.2. The number of carboxylic acid groups (broad SMARTS) is 1. The summed E-state index contributed by atoms with van der Waals surface area (Å²) in [5, 5.41) is 13.9. The highest BCUT2D eigenvalue weighted by Gasteiger charge is 2.51. The van der Waals surface area contributed by atoms with Crippen LogP contribution in [-0.4, -0.2) is 27.4 Å². The first-order valence-corrected chi connectivity index (χ1v) is 11.2. The Hall–Kier alpha value is -3.31. The first kappa shape index (κ1) is 20.6. The average Bonchev–Trinajstić information content (AvgIpc) is 3.42. The van der Waals surface area contributed by atoms with Gasteiger partial charge in [0.2, 0.25) is 0 Å². The Morgan fingerprint density at radius 3 is 2.12 bits per heavy atom. The zero-order valence-corrected chi connectivity index (χ0v) is 18.2. The van der Waals surface area contributed by atoms with E-state index in [4.69, 9.17) is 11.6 Å². The van der Waals surface area contributed by atoms with Crippen molar-refractivity contribution in [1.82, 2.24) is 4.90 Å². The van der Waals surface area contributed by atoms with E-state index in [0.29, 0.717) is 30.0 Å². The molecular weight excluding hydrogens is 424 g/mol. The lowest BCUT2D eigenvalue weighted by Crippen LogP contribution is -2.52. The van der Waals surface area contributed by atoms with E-state index in [1.807, 2.05) is 66.7 Å². The van der Waals surface area contributed by atoms with Gasteiger partial charge in [0.25, 0.3) is 5.91 Å². The Kier molecular flexibility index (Phi) is 5.14. The molecule has 1 aliphatic heterocycles. The number of anilines is 2. The number of carbonyl (C=O) groups is 2. The number of rotatable bonds is 5. The average molecular weight is 447 g/mol. The predicted molar refractivity (Wildman–Crippen MR) is 125 cm³/mol. The van der Waals surface area contributed by atoms with Crippen LogP contribution in [-0.2, 0) is 11.3 Å². The van der Waals surface area contributed by atoms with Crippen LogP contribution < -0.4 is 5.32 Å². The third-order valence-electron chi connectivity index (χ3n) is 6.61. The summed E-state index contributed by atoms with van der Waals surface area (Å²) in [6, 6.07) is 21.3. The van der Waals surface area contributed by atoms with Gasteiger partial charge in [0.05, 0.1) is 0 Å². The van der Waals surface area contributed by atoms with Crippen LogP contribution in [0.25, 0.3) is 11.1 Å². The molecule has 1 saturated carbocycles. The molecule has 2 aliphatic rings. The number of carboxylic acids is 1. The third kappa shape index (κ3) is 3.53. The van der Waals surface area contributed by atoms with Gasteiger partial charge in [-0.2, -0.15) is 0 Å². The third-order valence-corrected chi connectivity index (χ3v) is 6.86. The topological polar surface area (TPSA) is 69.6 Å². The van der Waals surface area contributed by atoms with Crippen LogP contribution in [0.15, 0.2) is 66.7 Å². The number of benzene rings is 3. The monoisotopic (exact) mass is 446 g/mol. The number of fused-ring (bicyclic) bond motifs is 1. The van der Waals surface area contributed by atoms with Crippen LogP contribution in [0.5, 0.6) is 0 Å². The smallest absolute Gasteiger partial charge is 0.329 e. The second-order valence-corrected chi connectivity index (χ2v) is 8.95. The Bertz CT molecular complexity index is 1180. The van der Waals surface area contributed by atoms with Crippen molar-refractivity contribution in [2.75, 3.05) is 5.32 Å². The van der Waals surface area contributed by atoms with Crippen molar-refractivity contribution >= 4 is 34.9 Å². The molecule has 1 heterocycles. The Morgan fingerprint density at radius 1 is 0.906 bits per heavy atom. The lowest BCUT2D eigenvalue weighted by Gasteiger charge is -2.34. The summed E-state index contributed by atoms with van der Waals surface area (Å²) < 4.78 is 0. The van der Waals surface area contributed by atoms with E-state index in [-0.39, 0.29) is 5.91 Å². The molecule has 0 spiro atoms. The first-order chi connectivity index (χ1) is 15.5. The zero-order valence-electron chi connectivity index (χ0n) is 17.5. The quantitative estimate of drug-likeness (QED) is 0.496. The van der Waals surface area contributed by atoms with E-state index < -0.39 is 11.5 Å². The Balaban J connectivity index is 1.37. The summed E-state index contributed by atoms with van der Waals surface area (Å²) in [6.07, 6.45) is 2.73. The van der Waals surface area contributed by atoms with Crippen molar-refractivity contribution in [2.24, 2.45) is 0 Å². The summed E-state index contributed by atoms with van der Waals surface area (Å²) >= 11 is 5.94. The van der Waals surface area contributed by atoms with Crippen molar-refractivity contribution < 1.29 is 14.7 Å². The van der Waals surface area contributed by atoms with E-state index >= 15 is 0 Å². The molecule has 0 radical (unpaired) electrons. The van der Waals surface area contributed by atoms with E-state index in [0.717, 1.165) is 40.9 Å². The summed E-state index contributed by atoms with van der Waals surface area (Å²) in [6.45, 7) is 0.366. The Morgan fingerprint density at radius 2 is 1.50 bits per heavy atom. The summed E-state index contributed by atoms with van der Waals surface area (Å²) in [5.41, 5.74) is 4.27. The first-order valence-electron chi connectivity index (χ1n) is 10.8. The molecule has 6 heteroatoms. The number of nitrogens with zero attached hydrogens (tertiary/aromatic N) is 1. The lowest BCUT2D eigenvalue weighted by molar-refractivity contribution is -0.149. The van der Waals surface area contributed by atoms with Gasteiger partial charge in [0.15, 0.2) is 0 Å². The molecule has 5 nitrogen and oxygen atoms in total. The van der Waals surface area contributed by atoms with Crippen LogP contribution in [0.4, 0.5) is 11.4 Å². The van der Waals surface area contributed by atoms with Crippen LogP contribution in [0.3, 0.4) is 0 Å². The van der Waals surface area contributed by atoms with E-state index in [1.54, 1.807) is 4.90 Å². The molecule has 0 atom stereocenters. The maximum absolute atomic E-state index is 13.2. The fraction of sp³-hybridized carbons (Fsp3) is 0.231. The minimum Gasteiger partial charge on any atom is -0.479 e. The standard InChI is InChI=1S/C26H23ClN2O3/c27-20-7-11-22(12-8-20)28-21-9-5-17(6-10-21)18-3-4-19-16-29(24(30)23(19)15-18)26(25(31)32)13-1-2-14-26/h3-12,15,28H,1-2,13-14,16H2,(H,31,32). The molecule has 3 aromatic carbocycles. The summed E-state index contributed by atoms with van der Waals surface area (Å²) in [4.78, 5) is 26.8. The molecule has 2 N–H and O–H groups in total. The summed E-state index contributed by atoms with van der Waals surface area (Å²) in [5.74, 6) is -1.06. The molecule has 162 valence electrons. The van der Waals surface area contributed by atoms with Gasteiger partial charge >= 0.3 is 5.97 Å². The van der Waals surface area contributed by atoms with Crippen molar-refractivity contribution in [3.63, 3.8) is 0 Å². The SMILES string of the molecule is O=C1c2cc(-c3ccc(Nc4ccc(Cl)cc4)cc3)ccc2CN1C1(C(=O)O)CCCC1. The van der Waals surface area contributed by atoms with Gasteiger partial charge in [-0.15, -0.1) is 0 Å². The number of amides is 1. The highest BCUT2D eigenvalue weighted by molar-refractivity contribution is 6.30. The molecule has 1 amide bonds. The number of halogens is 1. The molecule has 5 rings (SSSR count). The molecule has 0 unspecified atom stereocenters. The van der Waals surface area contributed by atoms with Gasteiger partial charge in [-0.05, 0) is 72.0 Å². The molecule has 1 fully saturated rings. The van der Waals surface area contributed by atoms with Crippen LogP contribution in [0, 0.1) is 0 Å². The van der Waals surface area contributed by atoms with Gasteiger partial charge in [0.1, 0.15) is 5.54 Å². The molecule has 0 saturated heterocycles. The number of nitrogens with one attached hydrogen (secondary N) is 1. The van der Waals surface area contributed by atoms with E-state index in [2.05, 4.69) is 5.32 Å². The van der Waals surface area contributed by atoms with Crippen molar-refractivity contribution in [1.29, 1.82) is 0 Å². The van der Waals surface area contributed by atoms with Gasteiger partial charge in [-0.25, -0.2) is 4.79 Å². The van der Waals surface area contributed by atoms with Gasteiger partial charge in [-0.1, -0.05) is 48.7 Å². The van der Waals surface area contributed by atoms with Crippen LogP contribution in [0.1, 0.15) is 41.6 Å². The largest absolute Gasteiger partial charge is 0.479 e. The molecule has 32 heavy (non-hydrogen) atoms. The molecule has 3 aromatic rings. The van der Waals surface area contributed by atoms with Gasteiger partial charge in [-0.3, -0.25) is 4.79 Å². The van der Waals surface area contributed by atoms with Crippen molar-refractivity contribution in [2.45, 2.75) is 37.8 Å². The molecular formula is C26H23ClN2O3. The van der Waals surface area contributed by atoms with Crippen LogP contribution in [0.2, 0.25) is 5.02 Å². The molecule has 1 aliphatic carbocycles. The maximum Gasteiger partial charge on any atom is 0.329 e. The lowest BCUT2D eigenvalue weighted by atomic mass is 9.95. The Labute approximate surface area is 191 Å². The fourth-order valence-electron chi connectivity index (χ4n) is 4.83. The number of carbonyl (C=O) groups excluding carboxylic acids is 1. The molecule has 0 aromatic heterocycles. The van der Waals surface area contributed by atoms with Crippen LogP contribution >= 0.6 is 11.6 Å². The predicted octanol–water partition coefficient (Wildman–Crippen LogP) is 6.10. The van der Waals surface area contributed by atoms with Crippen molar-refractivity contribution in [3.8, 4) is 11.1 Å². The van der Waals surface area contributed by atoms with E-state index in [9.17, 15) is 14.7 Å². The minimum atomic E-state index is -1.06. The summed E-state index contributed by atoms with van der Waals surface area (Å²) in [7, 11) is 0. The highest BCUT2D eigenvalue weighted by atomic mass is 35.5. The number of hydrogen-bond donors (Lipinski definition) is 2. The molecule has 0 bridgehead atoms. The fourth-order valence-corrected chi connectivity index (χ4v) is 4.96. The zero-order chi connectivity index (χ0) is 22.3. The van der Waals surface area contributed by atoms with Crippen molar-refractivity contribution in [3.05, 3.63) is 82.9 Å². The second kappa shape index (κ2) is 7.99. The normalized spacial score (nSPS) is 16.8.